The van der Waals surface area contributed by atoms with Crippen LogP contribution in [0.5, 0.6) is 0 Å². The quantitative estimate of drug-likeness (QED) is 0.767. The topological polar surface area (TPSA) is 71.7 Å². The molecule has 0 spiro atoms. The lowest BCUT2D eigenvalue weighted by molar-refractivity contribution is 0.0487. The minimum Gasteiger partial charge on any atom is -0.460 e. The van der Waals surface area contributed by atoms with E-state index in [2.05, 4.69) is 5.32 Å². The molecule has 1 aromatic carbocycles. The van der Waals surface area contributed by atoms with Gasteiger partial charge >= 0.3 is 5.97 Å². The average Bonchev–Trinajstić information content (AvgIpc) is 2.99. The third-order valence-corrected chi connectivity index (χ3v) is 3.37. The maximum atomic E-state index is 11.5. The van der Waals surface area contributed by atoms with Crippen molar-refractivity contribution in [2.24, 2.45) is 0 Å². The Balaban J connectivity index is 1.96. The first-order valence-electron chi connectivity index (χ1n) is 6.99. The number of esters is 1. The molecule has 0 radical (unpaired) electrons. The average molecular weight is 324 g/mol. The summed E-state index contributed by atoms with van der Waals surface area (Å²) in [4.78, 5) is 11.5. The smallest absolute Gasteiger partial charge is 0.374 e. The van der Waals surface area contributed by atoms with Crippen LogP contribution in [0.3, 0.4) is 0 Å². The lowest BCUT2D eigenvalue weighted by atomic mass is 10.1. The van der Waals surface area contributed by atoms with Crippen LogP contribution in [0.4, 0.5) is 0 Å². The summed E-state index contributed by atoms with van der Waals surface area (Å²) >= 11 is 5.85. The Morgan fingerprint density at radius 2 is 2.05 bits per heavy atom. The first-order valence-corrected chi connectivity index (χ1v) is 7.37. The number of halogens is 1. The molecule has 0 amide bonds. The third kappa shape index (κ3) is 4.34. The molecule has 0 aliphatic carbocycles. The van der Waals surface area contributed by atoms with Crippen molar-refractivity contribution in [1.29, 1.82) is 0 Å². The van der Waals surface area contributed by atoms with E-state index >= 15 is 0 Å². The molecular formula is C16H18ClNO4. The Hall–Kier alpha value is -1.82. The number of aliphatic hydroxyl groups is 1. The maximum Gasteiger partial charge on any atom is 0.374 e. The Labute approximate surface area is 133 Å². The van der Waals surface area contributed by atoms with Gasteiger partial charge in [-0.3, -0.25) is 0 Å². The molecule has 1 heterocycles. The summed E-state index contributed by atoms with van der Waals surface area (Å²) in [5.41, 5.74) is 0.920. The number of rotatable bonds is 7. The van der Waals surface area contributed by atoms with E-state index in [1.54, 1.807) is 31.2 Å². The largest absolute Gasteiger partial charge is 0.460 e. The zero-order valence-corrected chi connectivity index (χ0v) is 13.0. The molecule has 6 heteroatoms. The highest BCUT2D eigenvalue weighted by Crippen LogP contribution is 2.17. The van der Waals surface area contributed by atoms with Gasteiger partial charge in [0.05, 0.1) is 25.8 Å². The molecule has 1 atom stereocenters. The molecule has 2 aromatic rings. The molecule has 0 saturated heterocycles. The number of nitrogens with one attached hydrogen (secondary N) is 1. The van der Waals surface area contributed by atoms with Crippen LogP contribution in [0.2, 0.25) is 5.02 Å². The van der Waals surface area contributed by atoms with E-state index in [1.165, 1.54) is 0 Å². The van der Waals surface area contributed by atoms with Crippen LogP contribution < -0.4 is 5.32 Å². The van der Waals surface area contributed by atoms with E-state index in [0.29, 0.717) is 23.9 Å². The van der Waals surface area contributed by atoms with Crippen LogP contribution in [0.15, 0.2) is 40.8 Å². The van der Waals surface area contributed by atoms with Crippen molar-refractivity contribution in [1.82, 2.24) is 5.32 Å². The zero-order chi connectivity index (χ0) is 15.9. The number of carbonyl (C=O) groups excluding carboxylic acids is 1. The summed E-state index contributed by atoms with van der Waals surface area (Å²) < 4.78 is 10.3. The van der Waals surface area contributed by atoms with Crippen molar-refractivity contribution < 1.29 is 19.1 Å². The molecule has 0 aliphatic heterocycles. The summed E-state index contributed by atoms with van der Waals surface area (Å²) in [5.74, 6) is 0.284. The maximum absolute atomic E-state index is 11.5. The minimum atomic E-state index is -0.481. The van der Waals surface area contributed by atoms with E-state index < -0.39 is 5.97 Å². The monoisotopic (exact) mass is 323 g/mol. The molecule has 22 heavy (non-hydrogen) atoms. The number of hydrogen-bond donors (Lipinski definition) is 2. The number of furan rings is 1. The minimum absolute atomic E-state index is 0.0624. The van der Waals surface area contributed by atoms with Crippen LogP contribution in [-0.4, -0.2) is 24.3 Å². The van der Waals surface area contributed by atoms with Gasteiger partial charge in [-0.05, 0) is 36.8 Å². The summed E-state index contributed by atoms with van der Waals surface area (Å²) in [7, 11) is 0. The van der Waals surface area contributed by atoms with Crippen molar-refractivity contribution in [2.75, 3.05) is 13.2 Å². The molecule has 0 saturated carbocycles. The number of aliphatic hydroxyl groups excluding tert-OH is 1. The van der Waals surface area contributed by atoms with Crippen molar-refractivity contribution in [3.05, 3.63) is 58.5 Å². The van der Waals surface area contributed by atoms with Crippen molar-refractivity contribution in [2.45, 2.75) is 19.5 Å². The fourth-order valence-corrected chi connectivity index (χ4v) is 2.12. The molecular weight excluding hydrogens is 306 g/mol. The lowest BCUT2D eigenvalue weighted by Gasteiger charge is -2.16. The van der Waals surface area contributed by atoms with Gasteiger partial charge in [0, 0.05) is 5.02 Å². The first kappa shape index (κ1) is 16.5. The second-order valence-corrected chi connectivity index (χ2v) is 5.09. The molecule has 0 fully saturated rings. The van der Waals surface area contributed by atoms with Gasteiger partial charge in [-0.1, -0.05) is 23.7 Å². The van der Waals surface area contributed by atoms with E-state index in [0.717, 1.165) is 5.56 Å². The van der Waals surface area contributed by atoms with Gasteiger partial charge in [-0.15, -0.1) is 0 Å². The number of benzene rings is 1. The molecule has 2 N–H and O–H groups in total. The second kappa shape index (κ2) is 7.98. The SMILES string of the molecule is CCOC(=O)c1ccc(CNC(CO)c2ccc(Cl)cc2)o1. The van der Waals surface area contributed by atoms with E-state index in [1.807, 2.05) is 12.1 Å². The van der Waals surface area contributed by atoms with Gasteiger partial charge in [0.1, 0.15) is 5.76 Å². The number of hydrogen-bond acceptors (Lipinski definition) is 5. The predicted molar refractivity (Wildman–Crippen MR) is 82.8 cm³/mol. The van der Waals surface area contributed by atoms with Crippen LogP contribution in [-0.2, 0) is 11.3 Å². The summed E-state index contributed by atoms with van der Waals surface area (Å²) in [6.07, 6.45) is 0. The van der Waals surface area contributed by atoms with Crippen molar-refractivity contribution in [3.63, 3.8) is 0 Å². The van der Waals surface area contributed by atoms with Gasteiger partial charge in [0.2, 0.25) is 5.76 Å². The number of carbonyl (C=O) groups is 1. The lowest BCUT2D eigenvalue weighted by Crippen LogP contribution is -2.23. The Bertz CT molecular complexity index is 609. The third-order valence-electron chi connectivity index (χ3n) is 3.12. The van der Waals surface area contributed by atoms with Crippen LogP contribution in [0.25, 0.3) is 0 Å². The molecule has 5 nitrogen and oxygen atoms in total. The summed E-state index contributed by atoms with van der Waals surface area (Å²) in [6, 6.07) is 10.3. The highest BCUT2D eigenvalue weighted by atomic mass is 35.5. The summed E-state index contributed by atoms with van der Waals surface area (Å²) in [5, 5.41) is 13.3. The van der Waals surface area contributed by atoms with Crippen molar-refractivity contribution in [3.8, 4) is 0 Å². The van der Waals surface area contributed by atoms with Gasteiger partial charge in [0.15, 0.2) is 0 Å². The zero-order valence-electron chi connectivity index (χ0n) is 12.2. The van der Waals surface area contributed by atoms with E-state index in [9.17, 15) is 9.90 Å². The highest BCUT2D eigenvalue weighted by molar-refractivity contribution is 6.30. The molecule has 0 bridgehead atoms. The normalized spacial score (nSPS) is 12.1. The Morgan fingerprint density at radius 3 is 2.68 bits per heavy atom. The fraction of sp³-hybridized carbons (Fsp3) is 0.312. The van der Waals surface area contributed by atoms with Gasteiger partial charge in [-0.25, -0.2) is 4.79 Å². The van der Waals surface area contributed by atoms with E-state index in [-0.39, 0.29) is 18.4 Å². The Kier molecular flexibility index (Phi) is 6.00. The van der Waals surface area contributed by atoms with Crippen LogP contribution >= 0.6 is 11.6 Å². The predicted octanol–water partition coefficient (Wildman–Crippen LogP) is 2.93. The van der Waals surface area contributed by atoms with Crippen LogP contribution in [0, 0.1) is 0 Å². The first-order chi connectivity index (χ1) is 10.6. The molecule has 2 rings (SSSR count). The van der Waals surface area contributed by atoms with Gasteiger partial charge in [-0.2, -0.15) is 0 Å². The van der Waals surface area contributed by atoms with Gasteiger partial charge in [0.25, 0.3) is 0 Å². The Morgan fingerprint density at radius 1 is 1.32 bits per heavy atom. The standard InChI is InChI=1S/C16H18ClNO4/c1-2-21-16(20)15-8-7-13(22-15)9-18-14(10-19)11-3-5-12(17)6-4-11/h3-8,14,18-19H,2,9-10H2,1H3. The highest BCUT2D eigenvalue weighted by Gasteiger charge is 2.14. The molecule has 0 aliphatic rings. The molecule has 1 unspecified atom stereocenters. The molecule has 1 aromatic heterocycles. The molecule has 118 valence electrons. The second-order valence-electron chi connectivity index (χ2n) is 4.65. The van der Waals surface area contributed by atoms with E-state index in [4.69, 9.17) is 20.8 Å². The van der Waals surface area contributed by atoms with Crippen LogP contribution in [0.1, 0.15) is 34.8 Å². The number of ether oxygens (including phenoxy) is 1. The van der Waals surface area contributed by atoms with Crippen molar-refractivity contribution >= 4 is 17.6 Å². The summed E-state index contributed by atoms with van der Waals surface area (Å²) in [6.45, 7) is 2.36. The van der Waals surface area contributed by atoms with Gasteiger partial charge < -0.3 is 19.6 Å². The fourth-order valence-electron chi connectivity index (χ4n) is 1.99.